The number of thiophene rings is 1. The first-order valence-corrected chi connectivity index (χ1v) is 13.5. The number of aromatic nitrogens is 2. The van der Waals surface area contributed by atoms with Gasteiger partial charge in [-0.15, -0.1) is 11.3 Å². The topological polar surface area (TPSA) is 101 Å². The lowest BCUT2D eigenvalue weighted by Crippen LogP contribution is -2.34. The Morgan fingerprint density at radius 1 is 1.05 bits per heavy atom. The number of fused-ring (bicyclic) bond motifs is 3. The molecule has 0 aliphatic carbocycles. The first-order chi connectivity index (χ1) is 17.8. The summed E-state index contributed by atoms with van der Waals surface area (Å²) >= 11 is 2.62. The van der Waals surface area contributed by atoms with Crippen LogP contribution in [0.4, 0.5) is 5.69 Å². The van der Waals surface area contributed by atoms with E-state index in [4.69, 9.17) is 4.98 Å². The van der Waals surface area contributed by atoms with Gasteiger partial charge in [-0.25, -0.2) is 4.98 Å². The lowest BCUT2D eigenvalue weighted by molar-refractivity contribution is -0.129. The van der Waals surface area contributed by atoms with Crippen LogP contribution in [0.3, 0.4) is 0 Å². The van der Waals surface area contributed by atoms with Crippen LogP contribution < -0.4 is 10.9 Å². The molecule has 10 heteroatoms. The molecule has 188 valence electrons. The summed E-state index contributed by atoms with van der Waals surface area (Å²) in [6.45, 7) is 4.09. The van der Waals surface area contributed by atoms with Crippen molar-refractivity contribution < 1.29 is 14.4 Å². The summed E-state index contributed by atoms with van der Waals surface area (Å²) in [5.74, 6) is -0.242. The average molecular weight is 533 g/mol. The second kappa shape index (κ2) is 10.3. The van der Waals surface area contributed by atoms with E-state index in [9.17, 15) is 19.2 Å². The number of thioether (sulfide) groups is 1. The smallest absolute Gasteiger partial charge is 0.267 e. The van der Waals surface area contributed by atoms with Crippen molar-refractivity contribution in [3.05, 3.63) is 81.0 Å². The molecular formula is C27H24N4O4S2. The second-order valence-corrected chi connectivity index (χ2v) is 10.7. The van der Waals surface area contributed by atoms with Crippen LogP contribution in [-0.2, 0) is 22.6 Å². The number of nitrogens with zero attached hydrogens (tertiary/aromatic N) is 3. The molecule has 5 rings (SSSR count). The maximum absolute atomic E-state index is 13.8. The Hall–Kier alpha value is -3.76. The van der Waals surface area contributed by atoms with Gasteiger partial charge in [-0.2, -0.15) is 0 Å². The number of nitrogens with one attached hydrogen (secondary N) is 1. The largest absolute Gasteiger partial charge is 0.337 e. The third kappa shape index (κ3) is 5.07. The number of amides is 2. The first-order valence-electron chi connectivity index (χ1n) is 11.7. The maximum atomic E-state index is 13.8. The molecule has 0 fully saturated rings. The van der Waals surface area contributed by atoms with E-state index in [1.807, 2.05) is 30.3 Å². The molecule has 0 radical (unpaired) electrons. The zero-order valence-corrected chi connectivity index (χ0v) is 21.9. The van der Waals surface area contributed by atoms with Crippen LogP contribution in [0.15, 0.2) is 64.5 Å². The van der Waals surface area contributed by atoms with Crippen LogP contribution in [0.5, 0.6) is 0 Å². The first kappa shape index (κ1) is 24.9. The third-order valence-electron chi connectivity index (χ3n) is 6.21. The van der Waals surface area contributed by atoms with Gasteiger partial charge >= 0.3 is 0 Å². The van der Waals surface area contributed by atoms with E-state index in [2.05, 4.69) is 5.32 Å². The van der Waals surface area contributed by atoms with Crippen molar-refractivity contribution in [2.45, 2.75) is 32.0 Å². The molecule has 2 amide bonds. The van der Waals surface area contributed by atoms with Crippen LogP contribution >= 0.6 is 23.1 Å². The van der Waals surface area contributed by atoms with E-state index < -0.39 is 0 Å². The van der Waals surface area contributed by atoms with Crippen molar-refractivity contribution in [3.8, 4) is 5.69 Å². The summed E-state index contributed by atoms with van der Waals surface area (Å²) in [5, 5.41) is 3.84. The minimum absolute atomic E-state index is 0.0101. The molecule has 8 nitrogen and oxygen atoms in total. The van der Waals surface area contributed by atoms with Gasteiger partial charge in [-0.1, -0.05) is 30.0 Å². The molecule has 4 aromatic rings. The van der Waals surface area contributed by atoms with Gasteiger partial charge in [0.25, 0.3) is 5.56 Å². The molecule has 0 saturated heterocycles. The van der Waals surface area contributed by atoms with Crippen molar-refractivity contribution in [1.29, 1.82) is 0 Å². The molecule has 2 aromatic carbocycles. The Morgan fingerprint density at radius 3 is 2.46 bits per heavy atom. The molecule has 0 saturated carbocycles. The lowest BCUT2D eigenvalue weighted by Gasteiger charge is -2.25. The van der Waals surface area contributed by atoms with Crippen LogP contribution in [-0.4, -0.2) is 44.3 Å². The fourth-order valence-corrected chi connectivity index (χ4v) is 6.40. The second-order valence-electron chi connectivity index (χ2n) is 8.72. The number of hydrogen-bond donors (Lipinski definition) is 1. The SMILES string of the molecule is CC(=O)c1ccc(NC(=O)CSc2nc3sc4c(c3c(=O)n2-c2ccccc2)CCN(C(C)=O)C4)cc1. The zero-order chi connectivity index (χ0) is 26.1. The average Bonchev–Trinajstić information content (AvgIpc) is 3.26. The standard InChI is InChI=1S/C27H24N4O4S2/c1-16(32)18-8-10-19(11-9-18)28-23(34)15-36-27-29-25-24(26(35)31(27)20-6-4-3-5-7-20)21-12-13-30(17(2)33)14-22(21)37-25/h3-11H,12-15H2,1-2H3,(H,28,34). The number of ketones is 1. The number of benzene rings is 2. The maximum Gasteiger partial charge on any atom is 0.267 e. The van der Waals surface area contributed by atoms with E-state index in [0.717, 1.165) is 10.4 Å². The van der Waals surface area contributed by atoms with E-state index >= 15 is 0 Å². The van der Waals surface area contributed by atoms with E-state index in [-0.39, 0.29) is 28.9 Å². The molecule has 1 aliphatic heterocycles. The predicted molar refractivity (Wildman–Crippen MR) is 146 cm³/mol. The van der Waals surface area contributed by atoms with E-state index in [1.54, 1.807) is 40.7 Å². The minimum atomic E-state index is -0.253. The number of para-hydroxylation sites is 1. The Labute approximate surface area is 221 Å². The van der Waals surface area contributed by atoms with Crippen molar-refractivity contribution in [2.24, 2.45) is 0 Å². The predicted octanol–water partition coefficient (Wildman–Crippen LogP) is 4.29. The number of carbonyl (C=O) groups excluding carboxylic acids is 3. The van der Waals surface area contributed by atoms with Gasteiger partial charge in [-0.3, -0.25) is 23.7 Å². The van der Waals surface area contributed by atoms with Gasteiger partial charge in [-0.05, 0) is 55.3 Å². The summed E-state index contributed by atoms with van der Waals surface area (Å²) in [4.78, 5) is 58.1. The molecule has 1 N–H and O–H groups in total. The summed E-state index contributed by atoms with van der Waals surface area (Å²) in [7, 11) is 0. The van der Waals surface area contributed by atoms with Gasteiger partial charge in [0.1, 0.15) is 4.83 Å². The molecule has 0 bridgehead atoms. The highest BCUT2D eigenvalue weighted by molar-refractivity contribution is 7.99. The highest BCUT2D eigenvalue weighted by Gasteiger charge is 2.26. The Morgan fingerprint density at radius 2 is 1.78 bits per heavy atom. The fourth-order valence-electron chi connectivity index (χ4n) is 4.31. The lowest BCUT2D eigenvalue weighted by atomic mass is 10.1. The molecule has 37 heavy (non-hydrogen) atoms. The summed E-state index contributed by atoms with van der Waals surface area (Å²) in [6, 6.07) is 16.0. The molecule has 3 heterocycles. The Kier molecular flexibility index (Phi) is 6.94. The van der Waals surface area contributed by atoms with Gasteiger partial charge in [0, 0.05) is 29.6 Å². The number of rotatable bonds is 6. The van der Waals surface area contributed by atoms with Crippen LogP contribution in [0.1, 0.15) is 34.6 Å². The van der Waals surface area contributed by atoms with Crippen LogP contribution in [0.25, 0.3) is 15.9 Å². The fraction of sp³-hybridized carbons (Fsp3) is 0.222. The summed E-state index contributed by atoms with van der Waals surface area (Å²) < 4.78 is 1.56. The molecule has 0 unspecified atom stereocenters. The molecular weight excluding hydrogens is 508 g/mol. The van der Waals surface area contributed by atoms with Gasteiger partial charge < -0.3 is 10.2 Å². The highest BCUT2D eigenvalue weighted by atomic mass is 32.2. The van der Waals surface area contributed by atoms with Crippen LogP contribution in [0, 0.1) is 0 Å². The van der Waals surface area contributed by atoms with Gasteiger partial charge in [0.15, 0.2) is 10.9 Å². The highest BCUT2D eigenvalue weighted by Crippen LogP contribution is 2.34. The molecule has 0 atom stereocenters. The molecule has 1 aliphatic rings. The normalized spacial score (nSPS) is 12.9. The monoisotopic (exact) mass is 532 g/mol. The quantitative estimate of drug-likeness (QED) is 0.226. The van der Waals surface area contributed by atoms with E-state index in [0.29, 0.717) is 51.8 Å². The summed E-state index contributed by atoms with van der Waals surface area (Å²) in [5.41, 5.74) is 2.61. The van der Waals surface area contributed by atoms with Crippen molar-refractivity contribution >= 4 is 56.6 Å². The third-order valence-corrected chi connectivity index (χ3v) is 8.26. The number of Topliss-reactive ketones (excluding diaryl/α,β-unsaturated/α-hetero) is 1. The van der Waals surface area contributed by atoms with Crippen molar-refractivity contribution in [3.63, 3.8) is 0 Å². The van der Waals surface area contributed by atoms with Gasteiger partial charge in [0.2, 0.25) is 11.8 Å². The number of anilines is 1. The minimum Gasteiger partial charge on any atom is -0.337 e. The van der Waals surface area contributed by atoms with Crippen LogP contribution in [0.2, 0.25) is 0 Å². The molecule has 2 aromatic heterocycles. The molecule has 0 spiro atoms. The summed E-state index contributed by atoms with van der Waals surface area (Å²) in [6.07, 6.45) is 0.609. The number of carbonyl (C=O) groups is 3. The van der Waals surface area contributed by atoms with Crippen molar-refractivity contribution in [2.75, 3.05) is 17.6 Å². The number of hydrogen-bond acceptors (Lipinski definition) is 7. The van der Waals surface area contributed by atoms with E-state index in [1.165, 1.54) is 30.0 Å². The Bertz CT molecular complexity index is 1580. The van der Waals surface area contributed by atoms with Gasteiger partial charge in [0.05, 0.1) is 23.4 Å². The zero-order valence-electron chi connectivity index (χ0n) is 20.3. The van der Waals surface area contributed by atoms with Crippen molar-refractivity contribution in [1.82, 2.24) is 14.5 Å². The Balaban J connectivity index is 1.46.